The largest absolute Gasteiger partial charge is 0.301 e. The monoisotopic (exact) mass is 164 g/mol. The van der Waals surface area contributed by atoms with E-state index in [1.54, 1.807) is 10.9 Å². The van der Waals surface area contributed by atoms with Gasteiger partial charge in [0.2, 0.25) is 0 Å². The molecule has 1 aliphatic carbocycles. The second kappa shape index (κ2) is 2.73. The van der Waals surface area contributed by atoms with Crippen molar-refractivity contribution in [2.45, 2.75) is 31.2 Å². The molecule has 0 aromatic carbocycles. The van der Waals surface area contributed by atoms with E-state index in [-0.39, 0.29) is 5.54 Å². The predicted octanol–water partition coefficient (Wildman–Crippen LogP) is 1.35. The average molecular weight is 164 g/mol. The smallest absolute Gasteiger partial charge is 0.147 e. The van der Waals surface area contributed by atoms with Gasteiger partial charge in [0.25, 0.3) is 0 Å². The molecule has 3 nitrogen and oxygen atoms in total. The minimum atomic E-state index is -0.316. The van der Waals surface area contributed by atoms with E-state index in [4.69, 9.17) is 0 Å². The zero-order chi connectivity index (χ0) is 8.44. The first-order valence-electron chi connectivity index (χ1n) is 4.34. The van der Waals surface area contributed by atoms with Gasteiger partial charge >= 0.3 is 0 Å². The number of carbonyl (C=O) groups excluding carboxylic acids is 1. The first kappa shape index (κ1) is 7.53. The summed E-state index contributed by atoms with van der Waals surface area (Å²) in [6, 6.07) is 1.86. The van der Waals surface area contributed by atoms with Crippen LogP contribution in [0.1, 0.15) is 25.7 Å². The van der Waals surface area contributed by atoms with Gasteiger partial charge in [0, 0.05) is 12.4 Å². The van der Waals surface area contributed by atoms with Crippen LogP contribution in [0.15, 0.2) is 18.5 Å². The SMILES string of the molecule is O=CC1(n2cccn2)CCCC1. The van der Waals surface area contributed by atoms with Crippen molar-refractivity contribution in [1.82, 2.24) is 9.78 Å². The van der Waals surface area contributed by atoms with Crippen LogP contribution in [0.5, 0.6) is 0 Å². The first-order chi connectivity index (χ1) is 5.87. The molecule has 0 unspecified atom stereocenters. The summed E-state index contributed by atoms with van der Waals surface area (Å²) >= 11 is 0. The third-order valence-corrected chi connectivity index (χ3v) is 2.65. The molecule has 1 aliphatic rings. The highest BCUT2D eigenvalue weighted by molar-refractivity contribution is 5.62. The lowest BCUT2D eigenvalue weighted by Crippen LogP contribution is -2.32. The van der Waals surface area contributed by atoms with Crippen molar-refractivity contribution in [2.75, 3.05) is 0 Å². The van der Waals surface area contributed by atoms with Gasteiger partial charge in [-0.1, -0.05) is 12.8 Å². The highest BCUT2D eigenvalue weighted by Crippen LogP contribution is 2.33. The fourth-order valence-corrected chi connectivity index (χ4v) is 1.92. The van der Waals surface area contributed by atoms with Gasteiger partial charge in [-0.25, -0.2) is 0 Å². The molecule has 0 amide bonds. The predicted molar refractivity (Wildman–Crippen MR) is 44.7 cm³/mol. The van der Waals surface area contributed by atoms with Crippen molar-refractivity contribution >= 4 is 6.29 Å². The fourth-order valence-electron chi connectivity index (χ4n) is 1.92. The van der Waals surface area contributed by atoms with Crippen LogP contribution in [0.25, 0.3) is 0 Å². The topological polar surface area (TPSA) is 34.9 Å². The molecule has 0 atom stereocenters. The quantitative estimate of drug-likeness (QED) is 0.618. The van der Waals surface area contributed by atoms with E-state index in [2.05, 4.69) is 5.10 Å². The van der Waals surface area contributed by atoms with E-state index >= 15 is 0 Å². The molecule has 1 aromatic rings. The Bertz CT molecular complexity index is 260. The molecule has 12 heavy (non-hydrogen) atoms. The van der Waals surface area contributed by atoms with Gasteiger partial charge in [-0.3, -0.25) is 4.68 Å². The van der Waals surface area contributed by atoms with E-state index in [0.29, 0.717) is 0 Å². The van der Waals surface area contributed by atoms with Crippen molar-refractivity contribution in [2.24, 2.45) is 0 Å². The van der Waals surface area contributed by atoms with Gasteiger partial charge in [0.15, 0.2) is 0 Å². The van der Waals surface area contributed by atoms with E-state index in [1.807, 2.05) is 12.3 Å². The Morgan fingerprint density at radius 1 is 1.42 bits per heavy atom. The van der Waals surface area contributed by atoms with Gasteiger partial charge in [-0.05, 0) is 18.9 Å². The maximum absolute atomic E-state index is 11.0. The van der Waals surface area contributed by atoms with Crippen LogP contribution in [0.4, 0.5) is 0 Å². The number of nitrogens with zero attached hydrogens (tertiary/aromatic N) is 2. The summed E-state index contributed by atoms with van der Waals surface area (Å²) in [7, 11) is 0. The van der Waals surface area contributed by atoms with Crippen molar-refractivity contribution in [3.63, 3.8) is 0 Å². The molecule has 0 bridgehead atoms. The Kier molecular flexibility index (Phi) is 1.71. The van der Waals surface area contributed by atoms with E-state index in [0.717, 1.165) is 32.0 Å². The number of hydrogen-bond donors (Lipinski definition) is 0. The summed E-state index contributed by atoms with van der Waals surface area (Å²) in [5.41, 5.74) is -0.316. The van der Waals surface area contributed by atoms with Gasteiger partial charge in [0.05, 0.1) is 0 Å². The summed E-state index contributed by atoms with van der Waals surface area (Å²) in [6.45, 7) is 0. The zero-order valence-corrected chi connectivity index (χ0v) is 6.94. The van der Waals surface area contributed by atoms with Crippen LogP contribution in [0.3, 0.4) is 0 Å². The average Bonchev–Trinajstić information content (AvgIpc) is 2.76. The Balaban J connectivity index is 2.34. The number of aldehydes is 1. The number of rotatable bonds is 2. The lowest BCUT2D eigenvalue weighted by atomic mass is 10.0. The summed E-state index contributed by atoms with van der Waals surface area (Å²) < 4.78 is 1.80. The molecular weight excluding hydrogens is 152 g/mol. The van der Waals surface area contributed by atoms with Gasteiger partial charge in [0.1, 0.15) is 11.8 Å². The normalized spacial score (nSPS) is 21.0. The molecule has 1 saturated carbocycles. The van der Waals surface area contributed by atoms with E-state index < -0.39 is 0 Å². The molecule has 1 aromatic heterocycles. The third kappa shape index (κ3) is 0.967. The Labute approximate surface area is 71.4 Å². The summed E-state index contributed by atoms with van der Waals surface area (Å²) in [4.78, 5) is 11.0. The molecule has 64 valence electrons. The van der Waals surface area contributed by atoms with Crippen LogP contribution in [-0.2, 0) is 10.3 Å². The van der Waals surface area contributed by atoms with Crippen LogP contribution >= 0.6 is 0 Å². The zero-order valence-electron chi connectivity index (χ0n) is 6.94. The maximum Gasteiger partial charge on any atom is 0.147 e. The van der Waals surface area contributed by atoms with E-state index in [1.165, 1.54) is 0 Å². The molecule has 0 radical (unpaired) electrons. The van der Waals surface area contributed by atoms with Crippen LogP contribution < -0.4 is 0 Å². The minimum absolute atomic E-state index is 0.316. The molecule has 0 N–H and O–H groups in total. The first-order valence-corrected chi connectivity index (χ1v) is 4.34. The highest BCUT2D eigenvalue weighted by Gasteiger charge is 2.35. The number of carbonyl (C=O) groups is 1. The molecule has 3 heteroatoms. The Morgan fingerprint density at radius 3 is 2.67 bits per heavy atom. The molecule has 1 fully saturated rings. The van der Waals surface area contributed by atoms with Crippen molar-refractivity contribution < 1.29 is 4.79 Å². The molecule has 0 saturated heterocycles. The van der Waals surface area contributed by atoms with Crippen molar-refractivity contribution in [3.8, 4) is 0 Å². The van der Waals surface area contributed by atoms with Crippen molar-refractivity contribution in [3.05, 3.63) is 18.5 Å². The second-order valence-electron chi connectivity index (χ2n) is 3.38. The number of aromatic nitrogens is 2. The number of hydrogen-bond acceptors (Lipinski definition) is 2. The third-order valence-electron chi connectivity index (χ3n) is 2.65. The maximum atomic E-state index is 11.0. The van der Waals surface area contributed by atoms with Gasteiger partial charge < -0.3 is 4.79 Å². The summed E-state index contributed by atoms with van der Waals surface area (Å²) in [5, 5.41) is 4.13. The van der Waals surface area contributed by atoms with Crippen LogP contribution in [0.2, 0.25) is 0 Å². The van der Waals surface area contributed by atoms with E-state index in [9.17, 15) is 4.79 Å². The molecule has 2 rings (SSSR count). The fraction of sp³-hybridized carbons (Fsp3) is 0.556. The molecular formula is C9H12N2O. The van der Waals surface area contributed by atoms with Gasteiger partial charge in [-0.15, -0.1) is 0 Å². The standard InChI is InChI=1S/C9H12N2O/c12-8-9(4-1-2-5-9)11-7-3-6-10-11/h3,6-8H,1-2,4-5H2. The highest BCUT2D eigenvalue weighted by atomic mass is 16.1. The minimum Gasteiger partial charge on any atom is -0.301 e. The molecule has 1 heterocycles. The lowest BCUT2D eigenvalue weighted by Gasteiger charge is -2.21. The van der Waals surface area contributed by atoms with Gasteiger partial charge in [-0.2, -0.15) is 5.10 Å². The Morgan fingerprint density at radius 2 is 2.17 bits per heavy atom. The lowest BCUT2D eigenvalue weighted by molar-refractivity contribution is -0.115. The summed E-state index contributed by atoms with van der Waals surface area (Å²) in [6.07, 6.45) is 8.81. The van der Waals surface area contributed by atoms with Crippen LogP contribution in [-0.4, -0.2) is 16.1 Å². The van der Waals surface area contributed by atoms with Crippen molar-refractivity contribution in [1.29, 1.82) is 0 Å². The molecule has 0 aliphatic heterocycles. The summed E-state index contributed by atoms with van der Waals surface area (Å²) in [5.74, 6) is 0. The van der Waals surface area contributed by atoms with Crippen LogP contribution in [0, 0.1) is 0 Å². The Hall–Kier alpha value is -1.12. The second-order valence-corrected chi connectivity index (χ2v) is 3.38. The molecule has 0 spiro atoms.